The van der Waals surface area contributed by atoms with Crippen molar-refractivity contribution >= 4 is 29.9 Å². The molecule has 0 bridgehead atoms. The summed E-state index contributed by atoms with van der Waals surface area (Å²) in [6.45, 7) is 12.9. The fourth-order valence-corrected chi connectivity index (χ4v) is 4.63. The van der Waals surface area contributed by atoms with Crippen LogP contribution in [0.15, 0.2) is 4.99 Å². The van der Waals surface area contributed by atoms with E-state index in [0.29, 0.717) is 11.5 Å². The van der Waals surface area contributed by atoms with Gasteiger partial charge in [0.2, 0.25) is 0 Å². The van der Waals surface area contributed by atoms with Crippen molar-refractivity contribution in [2.45, 2.75) is 58.4 Å². The van der Waals surface area contributed by atoms with E-state index in [1.807, 2.05) is 0 Å². The monoisotopic (exact) mass is 464 g/mol. The first kappa shape index (κ1) is 21.2. The molecule has 0 aromatic heterocycles. The lowest BCUT2D eigenvalue weighted by Crippen LogP contribution is -2.45. The summed E-state index contributed by atoms with van der Waals surface area (Å²) in [7, 11) is 0. The molecule has 0 radical (unpaired) electrons. The molecule has 1 N–H and O–H groups in total. The Labute approximate surface area is 171 Å². The summed E-state index contributed by atoms with van der Waals surface area (Å²) in [5.41, 5.74) is 0.481. The summed E-state index contributed by atoms with van der Waals surface area (Å²) in [4.78, 5) is 10.2. The van der Waals surface area contributed by atoms with Crippen LogP contribution < -0.4 is 5.32 Å². The number of piperidine rings is 1. The van der Waals surface area contributed by atoms with E-state index in [0.717, 1.165) is 51.9 Å². The van der Waals surface area contributed by atoms with Crippen LogP contribution in [0.3, 0.4) is 0 Å². The van der Waals surface area contributed by atoms with E-state index >= 15 is 0 Å². The summed E-state index contributed by atoms with van der Waals surface area (Å²) in [6, 6.07) is 0.636. The number of hydrogen-bond donors (Lipinski definition) is 1. The van der Waals surface area contributed by atoms with E-state index in [4.69, 9.17) is 9.73 Å². The number of halogens is 1. The molecule has 146 valence electrons. The molecule has 1 spiro atoms. The van der Waals surface area contributed by atoms with Crippen LogP contribution in [0.2, 0.25) is 0 Å². The molecule has 6 heteroatoms. The Morgan fingerprint density at radius 2 is 1.96 bits per heavy atom. The summed E-state index contributed by atoms with van der Waals surface area (Å²) in [5.74, 6) is 1.14. The molecule has 3 aliphatic rings. The number of likely N-dealkylation sites (N-methyl/N-ethyl adjacent to an activating group) is 1. The van der Waals surface area contributed by atoms with Gasteiger partial charge >= 0.3 is 0 Å². The Morgan fingerprint density at radius 3 is 2.68 bits per heavy atom. The maximum atomic E-state index is 5.58. The van der Waals surface area contributed by atoms with Gasteiger partial charge in [-0.15, -0.1) is 24.0 Å². The van der Waals surface area contributed by atoms with E-state index in [1.165, 1.54) is 45.1 Å². The predicted molar refractivity (Wildman–Crippen MR) is 115 cm³/mol. The average Bonchev–Trinajstić information content (AvgIpc) is 3.02. The lowest BCUT2D eigenvalue weighted by Gasteiger charge is -2.35. The maximum Gasteiger partial charge on any atom is 0.193 e. The van der Waals surface area contributed by atoms with E-state index < -0.39 is 0 Å². The number of guanidine groups is 1. The minimum Gasteiger partial charge on any atom is -0.381 e. The van der Waals surface area contributed by atoms with Gasteiger partial charge in [0.05, 0.1) is 6.54 Å². The number of ether oxygens (including phenoxy) is 1. The largest absolute Gasteiger partial charge is 0.381 e. The molecule has 0 saturated carbocycles. The molecule has 0 aromatic carbocycles. The number of nitrogens with zero attached hydrogens (tertiary/aromatic N) is 3. The van der Waals surface area contributed by atoms with Crippen LogP contribution in [0.5, 0.6) is 0 Å². The van der Waals surface area contributed by atoms with Gasteiger partial charge in [-0.25, -0.2) is 0 Å². The number of likely N-dealkylation sites (tertiary alicyclic amines) is 2. The van der Waals surface area contributed by atoms with Crippen molar-refractivity contribution in [2.75, 3.05) is 52.5 Å². The zero-order valence-electron chi connectivity index (χ0n) is 16.1. The second kappa shape index (κ2) is 10.3. The van der Waals surface area contributed by atoms with Gasteiger partial charge in [-0.3, -0.25) is 9.89 Å². The first-order valence-corrected chi connectivity index (χ1v) is 10.1. The zero-order chi connectivity index (χ0) is 16.8. The van der Waals surface area contributed by atoms with Crippen LogP contribution in [-0.2, 0) is 4.74 Å². The van der Waals surface area contributed by atoms with Crippen LogP contribution in [-0.4, -0.2) is 74.3 Å². The molecule has 25 heavy (non-hydrogen) atoms. The number of aliphatic imine (C=N–C) groups is 1. The topological polar surface area (TPSA) is 40.1 Å². The number of hydrogen-bond acceptors (Lipinski definition) is 3. The highest BCUT2D eigenvalue weighted by Crippen LogP contribution is 2.39. The van der Waals surface area contributed by atoms with Crippen molar-refractivity contribution < 1.29 is 4.74 Å². The molecule has 3 saturated heterocycles. The maximum absolute atomic E-state index is 5.58. The van der Waals surface area contributed by atoms with Gasteiger partial charge in [-0.1, -0.05) is 13.3 Å². The normalized spacial score (nSPS) is 27.4. The Hall–Kier alpha value is -0.0800. The smallest absolute Gasteiger partial charge is 0.193 e. The van der Waals surface area contributed by atoms with Crippen LogP contribution >= 0.6 is 24.0 Å². The second-order valence-electron chi connectivity index (χ2n) is 7.76. The molecule has 3 heterocycles. The van der Waals surface area contributed by atoms with Crippen molar-refractivity contribution in [3.63, 3.8) is 0 Å². The molecule has 3 fully saturated rings. The standard InChI is InChI=1S/C19H36N4O.HI/c1-3-20-18(21-15-17-7-5-6-11-22(17)4-2)23-12-8-19(16-23)9-13-24-14-10-19;/h17H,3-16H2,1-2H3,(H,20,21);1H. The van der Waals surface area contributed by atoms with Gasteiger partial charge in [0.1, 0.15) is 0 Å². The zero-order valence-corrected chi connectivity index (χ0v) is 18.5. The van der Waals surface area contributed by atoms with Gasteiger partial charge in [0, 0.05) is 38.9 Å². The van der Waals surface area contributed by atoms with Gasteiger partial charge in [-0.2, -0.15) is 0 Å². The molecule has 3 aliphatic heterocycles. The van der Waals surface area contributed by atoms with Crippen LogP contribution in [0.25, 0.3) is 0 Å². The molecular weight excluding hydrogens is 427 g/mol. The van der Waals surface area contributed by atoms with Crippen molar-refractivity contribution in [1.82, 2.24) is 15.1 Å². The molecule has 0 aliphatic carbocycles. The Bertz CT molecular complexity index is 426. The van der Waals surface area contributed by atoms with Crippen molar-refractivity contribution in [1.29, 1.82) is 0 Å². The van der Waals surface area contributed by atoms with Crippen molar-refractivity contribution in [2.24, 2.45) is 10.4 Å². The molecule has 3 rings (SSSR count). The van der Waals surface area contributed by atoms with E-state index in [2.05, 4.69) is 29.0 Å². The molecule has 0 aromatic rings. The van der Waals surface area contributed by atoms with Crippen molar-refractivity contribution in [3.05, 3.63) is 0 Å². The third kappa shape index (κ3) is 5.45. The molecule has 1 atom stereocenters. The van der Waals surface area contributed by atoms with Crippen molar-refractivity contribution in [3.8, 4) is 0 Å². The van der Waals surface area contributed by atoms with E-state index in [1.54, 1.807) is 0 Å². The first-order chi connectivity index (χ1) is 11.8. The van der Waals surface area contributed by atoms with Crippen LogP contribution in [0.4, 0.5) is 0 Å². The average molecular weight is 464 g/mol. The highest BCUT2D eigenvalue weighted by Gasteiger charge is 2.40. The SMILES string of the molecule is CCNC(=NCC1CCCCN1CC)N1CCC2(CCOCC2)C1.I. The first-order valence-electron chi connectivity index (χ1n) is 10.1. The minimum atomic E-state index is 0. The lowest BCUT2D eigenvalue weighted by molar-refractivity contribution is 0.0217. The van der Waals surface area contributed by atoms with Gasteiger partial charge in [-0.05, 0) is 57.5 Å². The van der Waals surface area contributed by atoms with Gasteiger partial charge < -0.3 is 15.0 Å². The highest BCUT2D eigenvalue weighted by atomic mass is 127. The summed E-state index contributed by atoms with van der Waals surface area (Å²) >= 11 is 0. The van der Waals surface area contributed by atoms with Gasteiger partial charge in [0.15, 0.2) is 5.96 Å². The Balaban J connectivity index is 0.00000225. The predicted octanol–water partition coefficient (Wildman–Crippen LogP) is 2.95. The van der Waals surface area contributed by atoms with Gasteiger partial charge in [0.25, 0.3) is 0 Å². The fraction of sp³-hybridized carbons (Fsp3) is 0.947. The van der Waals surface area contributed by atoms with E-state index in [9.17, 15) is 0 Å². The lowest BCUT2D eigenvalue weighted by atomic mass is 9.80. The molecule has 1 unspecified atom stereocenters. The van der Waals surface area contributed by atoms with Crippen LogP contribution in [0.1, 0.15) is 52.4 Å². The molecule has 0 amide bonds. The third-order valence-electron chi connectivity index (χ3n) is 6.23. The third-order valence-corrected chi connectivity index (χ3v) is 6.23. The van der Waals surface area contributed by atoms with E-state index in [-0.39, 0.29) is 24.0 Å². The Kier molecular flexibility index (Phi) is 8.75. The fourth-order valence-electron chi connectivity index (χ4n) is 4.63. The molecular formula is C19H37IN4O. The number of nitrogens with one attached hydrogen (secondary N) is 1. The summed E-state index contributed by atoms with van der Waals surface area (Å²) in [6.07, 6.45) is 7.75. The van der Waals surface area contributed by atoms with Crippen LogP contribution in [0, 0.1) is 5.41 Å². The quantitative estimate of drug-likeness (QED) is 0.395. The number of rotatable bonds is 4. The molecule has 5 nitrogen and oxygen atoms in total. The summed E-state index contributed by atoms with van der Waals surface area (Å²) in [5, 5.41) is 3.55. The summed E-state index contributed by atoms with van der Waals surface area (Å²) < 4.78 is 5.58. The second-order valence-corrected chi connectivity index (χ2v) is 7.76. The minimum absolute atomic E-state index is 0. The Morgan fingerprint density at radius 1 is 1.16 bits per heavy atom. The highest BCUT2D eigenvalue weighted by molar-refractivity contribution is 14.0.